The number of hydrogen-bond acceptors (Lipinski definition) is 2. The summed E-state index contributed by atoms with van der Waals surface area (Å²) < 4.78 is 1.01. The Balaban J connectivity index is 2.00. The number of carbonyl (C=O) groups is 1. The van der Waals surface area contributed by atoms with E-state index in [1.165, 1.54) is 28.9 Å². The average Bonchev–Trinajstić information content (AvgIpc) is 2.93. The Kier molecular flexibility index (Phi) is 3.18. The highest BCUT2D eigenvalue weighted by Crippen LogP contribution is 2.33. The lowest BCUT2D eigenvalue weighted by atomic mass is 10.0. The van der Waals surface area contributed by atoms with Gasteiger partial charge in [-0.1, -0.05) is 35.3 Å². The monoisotopic (exact) mass is 296 g/mol. The van der Waals surface area contributed by atoms with Crippen LogP contribution in [0.5, 0.6) is 0 Å². The molecule has 0 N–H and O–H groups in total. The minimum atomic E-state index is -0.0437. The van der Waals surface area contributed by atoms with Crippen LogP contribution in [0.1, 0.15) is 33.5 Å². The number of benzene rings is 1. The Labute approximate surface area is 119 Å². The van der Waals surface area contributed by atoms with Crippen molar-refractivity contribution < 1.29 is 4.79 Å². The molecule has 1 aromatic heterocycles. The van der Waals surface area contributed by atoms with Crippen molar-refractivity contribution in [3.8, 4) is 0 Å². The summed E-state index contributed by atoms with van der Waals surface area (Å²) in [5.74, 6) is -0.0437. The van der Waals surface area contributed by atoms with Gasteiger partial charge in [-0.15, -0.1) is 11.3 Å². The summed E-state index contributed by atoms with van der Waals surface area (Å²) in [5.41, 5.74) is 3.86. The summed E-state index contributed by atoms with van der Waals surface area (Å²) in [6, 6.07) is 7.57. The Morgan fingerprint density at radius 3 is 2.61 bits per heavy atom. The molecule has 3 rings (SSSR count). The summed E-state index contributed by atoms with van der Waals surface area (Å²) in [4.78, 5) is 12.3. The van der Waals surface area contributed by atoms with Crippen molar-refractivity contribution in [1.82, 2.24) is 0 Å². The second-order valence-corrected chi connectivity index (χ2v) is 6.69. The number of hydrogen-bond donors (Lipinski definition) is 0. The molecule has 1 aromatic carbocycles. The van der Waals surface area contributed by atoms with Gasteiger partial charge in [0.05, 0.1) is 9.90 Å². The highest BCUT2D eigenvalue weighted by atomic mass is 35.5. The van der Waals surface area contributed by atoms with E-state index < -0.39 is 0 Å². The van der Waals surface area contributed by atoms with E-state index in [0.717, 1.165) is 12.8 Å². The molecule has 1 aliphatic rings. The lowest BCUT2D eigenvalue weighted by Crippen LogP contribution is -2.01. The van der Waals surface area contributed by atoms with E-state index in [0.29, 0.717) is 19.8 Å². The van der Waals surface area contributed by atoms with Crippen LogP contribution in [0.2, 0.25) is 8.67 Å². The van der Waals surface area contributed by atoms with Crippen LogP contribution in [0.25, 0.3) is 0 Å². The Morgan fingerprint density at radius 1 is 1.11 bits per heavy atom. The van der Waals surface area contributed by atoms with Crippen molar-refractivity contribution in [2.24, 2.45) is 0 Å². The van der Waals surface area contributed by atoms with E-state index in [-0.39, 0.29) is 5.78 Å². The summed E-state index contributed by atoms with van der Waals surface area (Å²) >= 11 is 13.1. The molecule has 0 spiro atoms. The SMILES string of the molecule is O=C(c1ccc2c(c1)CCC2)c1cc(Cl)sc1Cl. The topological polar surface area (TPSA) is 17.1 Å². The van der Waals surface area contributed by atoms with Crippen LogP contribution < -0.4 is 0 Å². The smallest absolute Gasteiger partial charge is 0.195 e. The number of ketones is 1. The second kappa shape index (κ2) is 4.69. The van der Waals surface area contributed by atoms with Crippen molar-refractivity contribution in [3.63, 3.8) is 0 Å². The summed E-state index contributed by atoms with van der Waals surface area (Å²) in [6.45, 7) is 0. The van der Waals surface area contributed by atoms with Crippen molar-refractivity contribution >= 4 is 40.3 Å². The van der Waals surface area contributed by atoms with E-state index in [1.807, 2.05) is 12.1 Å². The Hall–Kier alpha value is -0.830. The predicted octanol–water partition coefficient (Wildman–Crippen LogP) is 4.77. The highest BCUT2D eigenvalue weighted by molar-refractivity contribution is 7.20. The zero-order valence-corrected chi connectivity index (χ0v) is 11.8. The van der Waals surface area contributed by atoms with Crippen LogP contribution in [-0.4, -0.2) is 5.78 Å². The molecule has 2 aromatic rings. The van der Waals surface area contributed by atoms with Gasteiger partial charge in [0.1, 0.15) is 4.34 Å². The fraction of sp³-hybridized carbons (Fsp3) is 0.214. The molecule has 0 bridgehead atoms. The molecule has 0 amide bonds. The lowest BCUT2D eigenvalue weighted by Gasteiger charge is -2.03. The van der Waals surface area contributed by atoms with Crippen LogP contribution in [0, 0.1) is 0 Å². The maximum absolute atomic E-state index is 12.3. The maximum atomic E-state index is 12.3. The van der Waals surface area contributed by atoms with Crippen molar-refractivity contribution in [1.29, 1.82) is 0 Å². The van der Waals surface area contributed by atoms with E-state index in [9.17, 15) is 4.79 Å². The van der Waals surface area contributed by atoms with Gasteiger partial charge in [-0.2, -0.15) is 0 Å². The summed E-state index contributed by atoms with van der Waals surface area (Å²) in [5, 5.41) is 0. The van der Waals surface area contributed by atoms with Crippen molar-refractivity contribution in [2.45, 2.75) is 19.3 Å². The molecule has 1 aliphatic carbocycles. The number of thiophene rings is 1. The van der Waals surface area contributed by atoms with E-state index in [2.05, 4.69) is 6.07 Å². The fourth-order valence-electron chi connectivity index (χ4n) is 2.36. The van der Waals surface area contributed by atoms with Gasteiger partial charge in [0.25, 0.3) is 0 Å². The van der Waals surface area contributed by atoms with Gasteiger partial charge in [-0.3, -0.25) is 4.79 Å². The van der Waals surface area contributed by atoms with E-state index in [1.54, 1.807) is 6.07 Å². The normalized spacial score (nSPS) is 13.7. The Bertz CT molecular complexity index is 631. The molecular formula is C14H10Cl2OS. The predicted molar refractivity (Wildman–Crippen MR) is 76.2 cm³/mol. The Morgan fingerprint density at radius 2 is 1.89 bits per heavy atom. The van der Waals surface area contributed by atoms with E-state index >= 15 is 0 Å². The number of halogens is 2. The molecule has 0 fully saturated rings. The second-order valence-electron chi connectivity index (χ2n) is 4.40. The van der Waals surface area contributed by atoms with Crippen LogP contribution >= 0.6 is 34.5 Å². The number of carbonyl (C=O) groups excluding carboxylic acids is 1. The molecule has 0 unspecified atom stereocenters. The molecule has 1 nitrogen and oxygen atoms in total. The van der Waals surface area contributed by atoms with Crippen LogP contribution in [0.3, 0.4) is 0 Å². The van der Waals surface area contributed by atoms with Crippen LogP contribution in [0.4, 0.5) is 0 Å². The van der Waals surface area contributed by atoms with Gasteiger partial charge in [0, 0.05) is 5.56 Å². The molecule has 0 saturated heterocycles. The quantitative estimate of drug-likeness (QED) is 0.729. The number of aryl methyl sites for hydroxylation is 2. The molecule has 0 saturated carbocycles. The first-order valence-electron chi connectivity index (χ1n) is 5.76. The zero-order valence-electron chi connectivity index (χ0n) is 9.50. The lowest BCUT2D eigenvalue weighted by molar-refractivity contribution is 0.103. The number of rotatable bonds is 2. The first kappa shape index (κ1) is 12.2. The van der Waals surface area contributed by atoms with Crippen molar-refractivity contribution in [2.75, 3.05) is 0 Å². The molecule has 18 heavy (non-hydrogen) atoms. The van der Waals surface area contributed by atoms with Gasteiger partial charge >= 0.3 is 0 Å². The van der Waals surface area contributed by atoms with Gasteiger partial charge in [0.2, 0.25) is 0 Å². The van der Waals surface area contributed by atoms with E-state index in [4.69, 9.17) is 23.2 Å². The zero-order chi connectivity index (χ0) is 12.7. The first-order valence-corrected chi connectivity index (χ1v) is 7.34. The summed E-state index contributed by atoms with van der Waals surface area (Å²) in [7, 11) is 0. The average molecular weight is 297 g/mol. The first-order chi connectivity index (χ1) is 8.65. The number of fused-ring (bicyclic) bond motifs is 1. The van der Waals surface area contributed by atoms with Gasteiger partial charge in [-0.05, 0) is 42.5 Å². The minimum absolute atomic E-state index is 0.0437. The molecule has 92 valence electrons. The molecule has 1 heterocycles. The van der Waals surface area contributed by atoms with Gasteiger partial charge in [0.15, 0.2) is 5.78 Å². The third-order valence-electron chi connectivity index (χ3n) is 3.26. The molecule has 0 aliphatic heterocycles. The third kappa shape index (κ3) is 2.09. The van der Waals surface area contributed by atoms with Gasteiger partial charge in [-0.25, -0.2) is 0 Å². The molecule has 0 atom stereocenters. The third-order valence-corrected chi connectivity index (χ3v) is 4.75. The van der Waals surface area contributed by atoms with Crippen molar-refractivity contribution in [3.05, 3.63) is 55.2 Å². The molecular weight excluding hydrogens is 287 g/mol. The van der Waals surface area contributed by atoms with Crippen LogP contribution in [-0.2, 0) is 12.8 Å². The molecule has 0 radical (unpaired) electrons. The van der Waals surface area contributed by atoms with Crippen LogP contribution in [0.15, 0.2) is 24.3 Å². The largest absolute Gasteiger partial charge is 0.289 e. The maximum Gasteiger partial charge on any atom is 0.195 e. The minimum Gasteiger partial charge on any atom is -0.289 e. The van der Waals surface area contributed by atoms with Gasteiger partial charge < -0.3 is 0 Å². The highest BCUT2D eigenvalue weighted by Gasteiger charge is 2.18. The fourth-order valence-corrected chi connectivity index (χ4v) is 3.82. The molecule has 4 heteroatoms. The summed E-state index contributed by atoms with van der Waals surface area (Å²) in [6.07, 6.45) is 3.36. The standard InChI is InChI=1S/C14H10Cl2OS/c15-12-7-11(14(16)18-12)13(17)10-5-4-8-2-1-3-9(8)6-10/h4-7H,1-3H2.